The SMILES string of the molecule is CCC1CCCCC1N1CC(C)(CC)NCC1CC. The van der Waals surface area contributed by atoms with Crippen molar-refractivity contribution in [3.63, 3.8) is 0 Å². The Morgan fingerprint density at radius 3 is 2.47 bits per heavy atom. The van der Waals surface area contributed by atoms with Crippen LogP contribution in [0.3, 0.4) is 0 Å². The fourth-order valence-corrected chi connectivity index (χ4v) is 4.17. The zero-order valence-electron chi connectivity index (χ0n) is 13.5. The number of rotatable bonds is 4. The Hall–Kier alpha value is -0.0800. The van der Waals surface area contributed by atoms with E-state index in [1.807, 2.05) is 0 Å². The summed E-state index contributed by atoms with van der Waals surface area (Å²) in [6.45, 7) is 11.9. The molecule has 112 valence electrons. The summed E-state index contributed by atoms with van der Waals surface area (Å²) in [5.41, 5.74) is 0.335. The number of nitrogens with zero attached hydrogens (tertiary/aromatic N) is 1. The van der Waals surface area contributed by atoms with E-state index in [1.54, 1.807) is 0 Å². The van der Waals surface area contributed by atoms with Crippen LogP contribution in [0.5, 0.6) is 0 Å². The molecule has 1 N–H and O–H groups in total. The predicted molar refractivity (Wildman–Crippen MR) is 83.5 cm³/mol. The van der Waals surface area contributed by atoms with Gasteiger partial charge in [-0.1, -0.05) is 40.0 Å². The first kappa shape index (κ1) is 15.3. The number of nitrogens with one attached hydrogen (secondary N) is 1. The third-order valence-corrected chi connectivity index (χ3v) is 5.84. The Morgan fingerprint density at radius 2 is 1.84 bits per heavy atom. The monoisotopic (exact) mass is 266 g/mol. The minimum atomic E-state index is 0.335. The highest BCUT2D eigenvalue weighted by atomic mass is 15.3. The molecule has 2 rings (SSSR count). The van der Waals surface area contributed by atoms with Crippen LogP contribution in [0.4, 0.5) is 0 Å². The van der Waals surface area contributed by atoms with E-state index in [9.17, 15) is 0 Å². The second kappa shape index (κ2) is 6.58. The summed E-state index contributed by atoms with van der Waals surface area (Å²) in [5.74, 6) is 0.946. The van der Waals surface area contributed by atoms with Gasteiger partial charge in [0.1, 0.15) is 0 Å². The maximum absolute atomic E-state index is 3.81. The molecule has 2 aliphatic rings. The minimum absolute atomic E-state index is 0.335. The highest BCUT2D eigenvalue weighted by Crippen LogP contribution is 2.34. The molecule has 0 spiro atoms. The molecule has 1 aliphatic carbocycles. The molecular weight excluding hydrogens is 232 g/mol. The first-order valence-electron chi connectivity index (χ1n) is 8.64. The predicted octanol–water partition coefficient (Wildman–Crippen LogP) is 3.81. The largest absolute Gasteiger partial charge is 0.309 e. The second-order valence-electron chi connectivity index (χ2n) is 7.05. The summed E-state index contributed by atoms with van der Waals surface area (Å²) in [6, 6.07) is 1.62. The molecule has 0 aromatic rings. The van der Waals surface area contributed by atoms with Crippen molar-refractivity contribution in [2.75, 3.05) is 13.1 Å². The molecule has 0 radical (unpaired) electrons. The number of hydrogen-bond acceptors (Lipinski definition) is 2. The van der Waals surface area contributed by atoms with Gasteiger partial charge < -0.3 is 5.32 Å². The van der Waals surface area contributed by atoms with E-state index >= 15 is 0 Å². The highest BCUT2D eigenvalue weighted by molar-refractivity contribution is 4.98. The van der Waals surface area contributed by atoms with Crippen LogP contribution in [0.2, 0.25) is 0 Å². The van der Waals surface area contributed by atoms with Crippen molar-refractivity contribution in [1.29, 1.82) is 0 Å². The van der Waals surface area contributed by atoms with Gasteiger partial charge in [0.2, 0.25) is 0 Å². The Labute approximate surface area is 120 Å². The molecule has 19 heavy (non-hydrogen) atoms. The van der Waals surface area contributed by atoms with Gasteiger partial charge in [-0.15, -0.1) is 0 Å². The molecule has 0 aromatic carbocycles. The fourth-order valence-electron chi connectivity index (χ4n) is 4.17. The van der Waals surface area contributed by atoms with Crippen LogP contribution < -0.4 is 5.32 Å². The van der Waals surface area contributed by atoms with Crippen molar-refractivity contribution >= 4 is 0 Å². The van der Waals surface area contributed by atoms with E-state index in [-0.39, 0.29) is 0 Å². The van der Waals surface area contributed by atoms with E-state index in [2.05, 4.69) is 37.9 Å². The molecule has 4 unspecified atom stereocenters. The molecule has 1 saturated carbocycles. The van der Waals surface area contributed by atoms with Gasteiger partial charge in [0.05, 0.1) is 0 Å². The first-order chi connectivity index (χ1) is 9.13. The molecule has 2 nitrogen and oxygen atoms in total. The van der Waals surface area contributed by atoms with E-state index in [0.717, 1.165) is 18.0 Å². The third-order valence-electron chi connectivity index (χ3n) is 5.84. The maximum Gasteiger partial charge on any atom is 0.0278 e. The van der Waals surface area contributed by atoms with Crippen molar-refractivity contribution in [3.8, 4) is 0 Å². The van der Waals surface area contributed by atoms with Crippen molar-refractivity contribution < 1.29 is 0 Å². The van der Waals surface area contributed by atoms with Crippen LogP contribution in [0.25, 0.3) is 0 Å². The first-order valence-corrected chi connectivity index (χ1v) is 8.64. The van der Waals surface area contributed by atoms with Crippen molar-refractivity contribution in [2.45, 2.75) is 90.3 Å². The lowest BCUT2D eigenvalue weighted by Crippen LogP contribution is -2.65. The summed E-state index contributed by atoms with van der Waals surface area (Å²) >= 11 is 0. The van der Waals surface area contributed by atoms with E-state index in [1.165, 1.54) is 58.0 Å². The molecule has 2 heteroatoms. The van der Waals surface area contributed by atoms with Gasteiger partial charge in [-0.25, -0.2) is 0 Å². The van der Waals surface area contributed by atoms with Gasteiger partial charge in [-0.2, -0.15) is 0 Å². The van der Waals surface area contributed by atoms with Crippen LogP contribution in [0, 0.1) is 5.92 Å². The Bertz CT molecular complexity index is 278. The molecule has 0 amide bonds. The maximum atomic E-state index is 3.81. The van der Waals surface area contributed by atoms with Crippen molar-refractivity contribution in [1.82, 2.24) is 10.2 Å². The van der Waals surface area contributed by atoms with Crippen LogP contribution in [-0.4, -0.2) is 35.6 Å². The molecule has 0 bridgehead atoms. The highest BCUT2D eigenvalue weighted by Gasteiger charge is 2.39. The van der Waals surface area contributed by atoms with E-state index in [0.29, 0.717) is 5.54 Å². The molecule has 4 atom stereocenters. The summed E-state index contributed by atoms with van der Waals surface area (Å²) in [6.07, 6.45) is 9.71. The molecule has 1 heterocycles. The summed E-state index contributed by atoms with van der Waals surface area (Å²) in [7, 11) is 0. The van der Waals surface area contributed by atoms with E-state index < -0.39 is 0 Å². The Morgan fingerprint density at radius 1 is 1.11 bits per heavy atom. The average molecular weight is 266 g/mol. The normalized spacial score (nSPS) is 41.4. The van der Waals surface area contributed by atoms with Crippen LogP contribution in [0.1, 0.15) is 72.6 Å². The van der Waals surface area contributed by atoms with Gasteiger partial charge in [-0.05, 0) is 38.5 Å². The smallest absolute Gasteiger partial charge is 0.0278 e. The van der Waals surface area contributed by atoms with Gasteiger partial charge in [0.25, 0.3) is 0 Å². The lowest BCUT2D eigenvalue weighted by atomic mass is 9.79. The van der Waals surface area contributed by atoms with Gasteiger partial charge in [0.15, 0.2) is 0 Å². The van der Waals surface area contributed by atoms with Crippen molar-refractivity contribution in [2.24, 2.45) is 5.92 Å². The Kier molecular flexibility index (Phi) is 5.30. The zero-order chi connectivity index (χ0) is 13.9. The zero-order valence-corrected chi connectivity index (χ0v) is 13.5. The lowest BCUT2D eigenvalue weighted by Gasteiger charge is -2.52. The standard InChI is InChI=1S/C17H34N2/c1-5-14-10-8-9-11-16(14)19-13-17(4,7-3)18-12-15(19)6-2/h14-16,18H,5-13H2,1-4H3. The molecule has 2 fully saturated rings. The van der Waals surface area contributed by atoms with Crippen LogP contribution in [0.15, 0.2) is 0 Å². The van der Waals surface area contributed by atoms with E-state index in [4.69, 9.17) is 0 Å². The summed E-state index contributed by atoms with van der Waals surface area (Å²) in [5, 5.41) is 3.81. The van der Waals surface area contributed by atoms with Crippen LogP contribution in [-0.2, 0) is 0 Å². The second-order valence-corrected chi connectivity index (χ2v) is 7.05. The lowest BCUT2D eigenvalue weighted by molar-refractivity contribution is 0.00359. The Balaban J connectivity index is 2.12. The summed E-state index contributed by atoms with van der Waals surface area (Å²) < 4.78 is 0. The molecule has 1 saturated heterocycles. The topological polar surface area (TPSA) is 15.3 Å². The van der Waals surface area contributed by atoms with Gasteiger partial charge >= 0.3 is 0 Å². The third kappa shape index (κ3) is 3.33. The molecular formula is C17H34N2. The van der Waals surface area contributed by atoms with Crippen molar-refractivity contribution in [3.05, 3.63) is 0 Å². The number of piperazine rings is 1. The van der Waals surface area contributed by atoms with Gasteiger partial charge in [-0.3, -0.25) is 4.90 Å². The quantitative estimate of drug-likeness (QED) is 0.832. The minimum Gasteiger partial charge on any atom is -0.309 e. The van der Waals surface area contributed by atoms with Gasteiger partial charge in [0, 0.05) is 30.7 Å². The average Bonchev–Trinajstić information content (AvgIpc) is 2.47. The summed E-state index contributed by atoms with van der Waals surface area (Å²) in [4.78, 5) is 2.90. The number of hydrogen-bond donors (Lipinski definition) is 1. The van der Waals surface area contributed by atoms with Crippen LogP contribution >= 0.6 is 0 Å². The fraction of sp³-hybridized carbons (Fsp3) is 1.00. The molecule has 1 aliphatic heterocycles. The molecule has 0 aromatic heterocycles.